The molecule has 0 saturated carbocycles. The van der Waals surface area contributed by atoms with Crippen molar-refractivity contribution in [3.8, 4) is 0 Å². The second-order valence-electron chi connectivity index (χ2n) is 5.01. The van der Waals surface area contributed by atoms with Crippen LogP contribution in [0, 0.1) is 0 Å². The molecule has 0 atom stereocenters. The predicted molar refractivity (Wildman–Crippen MR) is 92.2 cm³/mol. The van der Waals surface area contributed by atoms with Crippen molar-refractivity contribution in [3.05, 3.63) is 54.2 Å². The molecule has 0 spiro atoms. The zero-order valence-electron chi connectivity index (χ0n) is 13.0. The average molecular weight is 335 g/mol. The van der Waals surface area contributed by atoms with Crippen LogP contribution in [0.1, 0.15) is 5.56 Å². The van der Waals surface area contributed by atoms with Gasteiger partial charge in [-0.25, -0.2) is 13.4 Å². The first kappa shape index (κ1) is 17.2. The van der Waals surface area contributed by atoms with Gasteiger partial charge in [-0.15, -0.1) is 0 Å². The first-order valence-electron chi connectivity index (χ1n) is 7.32. The molecular weight excluding hydrogens is 314 g/mol. The minimum absolute atomic E-state index is 0.0326. The molecule has 0 radical (unpaired) electrons. The summed E-state index contributed by atoms with van der Waals surface area (Å²) in [6.07, 6.45) is 1.97. The van der Waals surface area contributed by atoms with E-state index < -0.39 is 10.0 Å². The number of pyridine rings is 1. The number of aromatic nitrogens is 1. The van der Waals surface area contributed by atoms with Crippen molar-refractivity contribution in [1.82, 2.24) is 4.98 Å². The van der Waals surface area contributed by atoms with E-state index in [1.807, 2.05) is 30.3 Å². The SMILES string of the molecule is COCCNc1ccc(NS(=O)(=O)CCc2ccccc2)cn1. The van der Waals surface area contributed by atoms with E-state index in [0.29, 0.717) is 31.1 Å². The largest absolute Gasteiger partial charge is 0.383 e. The van der Waals surface area contributed by atoms with E-state index in [1.54, 1.807) is 19.2 Å². The molecule has 23 heavy (non-hydrogen) atoms. The molecule has 0 aliphatic carbocycles. The van der Waals surface area contributed by atoms with Crippen LogP contribution in [-0.2, 0) is 21.2 Å². The van der Waals surface area contributed by atoms with Crippen molar-refractivity contribution in [1.29, 1.82) is 0 Å². The number of hydrogen-bond acceptors (Lipinski definition) is 5. The summed E-state index contributed by atoms with van der Waals surface area (Å²) in [5, 5.41) is 3.07. The lowest BCUT2D eigenvalue weighted by atomic mass is 10.2. The highest BCUT2D eigenvalue weighted by molar-refractivity contribution is 7.92. The summed E-state index contributed by atoms with van der Waals surface area (Å²) in [6, 6.07) is 12.9. The number of benzene rings is 1. The lowest BCUT2D eigenvalue weighted by Gasteiger charge is -2.09. The number of sulfonamides is 1. The van der Waals surface area contributed by atoms with Gasteiger partial charge in [0.1, 0.15) is 5.82 Å². The number of methoxy groups -OCH3 is 1. The van der Waals surface area contributed by atoms with Crippen molar-refractivity contribution in [2.45, 2.75) is 6.42 Å². The molecule has 7 heteroatoms. The zero-order chi connectivity index (χ0) is 16.5. The molecule has 0 unspecified atom stereocenters. The molecule has 6 nitrogen and oxygen atoms in total. The van der Waals surface area contributed by atoms with Gasteiger partial charge >= 0.3 is 0 Å². The molecule has 1 aromatic carbocycles. The van der Waals surface area contributed by atoms with E-state index in [-0.39, 0.29) is 5.75 Å². The van der Waals surface area contributed by atoms with Crippen LogP contribution in [-0.4, -0.2) is 39.4 Å². The molecule has 0 bridgehead atoms. The minimum Gasteiger partial charge on any atom is -0.383 e. The Kier molecular flexibility index (Phi) is 6.37. The molecule has 0 amide bonds. The van der Waals surface area contributed by atoms with Crippen molar-refractivity contribution in [2.24, 2.45) is 0 Å². The van der Waals surface area contributed by atoms with E-state index in [1.165, 1.54) is 6.20 Å². The molecule has 0 aliphatic rings. The third-order valence-corrected chi connectivity index (χ3v) is 4.44. The molecule has 1 aromatic heterocycles. The van der Waals surface area contributed by atoms with Crippen molar-refractivity contribution < 1.29 is 13.2 Å². The Hall–Kier alpha value is -2.12. The van der Waals surface area contributed by atoms with Gasteiger partial charge in [-0.05, 0) is 24.1 Å². The van der Waals surface area contributed by atoms with Crippen LogP contribution in [0.3, 0.4) is 0 Å². The molecule has 0 aliphatic heterocycles. The van der Waals surface area contributed by atoms with Gasteiger partial charge in [0.2, 0.25) is 10.0 Å². The number of hydrogen-bond donors (Lipinski definition) is 2. The van der Waals surface area contributed by atoms with Crippen LogP contribution >= 0.6 is 0 Å². The monoisotopic (exact) mass is 335 g/mol. The van der Waals surface area contributed by atoms with Gasteiger partial charge in [0, 0.05) is 13.7 Å². The number of anilines is 2. The lowest BCUT2D eigenvalue weighted by molar-refractivity contribution is 0.210. The fraction of sp³-hybridized carbons (Fsp3) is 0.312. The van der Waals surface area contributed by atoms with Crippen LogP contribution in [0.15, 0.2) is 48.7 Å². The van der Waals surface area contributed by atoms with Crippen LogP contribution in [0.2, 0.25) is 0 Å². The van der Waals surface area contributed by atoms with Crippen molar-refractivity contribution in [2.75, 3.05) is 36.1 Å². The second-order valence-corrected chi connectivity index (χ2v) is 6.85. The Labute approximate surface area is 137 Å². The van der Waals surface area contributed by atoms with Gasteiger partial charge in [-0.1, -0.05) is 30.3 Å². The molecular formula is C16H21N3O3S. The first-order chi connectivity index (χ1) is 11.1. The third kappa shape index (κ3) is 6.25. The first-order valence-corrected chi connectivity index (χ1v) is 8.97. The Morgan fingerprint density at radius 2 is 1.91 bits per heavy atom. The summed E-state index contributed by atoms with van der Waals surface area (Å²) >= 11 is 0. The fourth-order valence-corrected chi connectivity index (χ4v) is 3.05. The molecule has 2 N–H and O–H groups in total. The van der Waals surface area contributed by atoms with E-state index in [0.717, 1.165) is 5.56 Å². The second kappa shape index (κ2) is 8.50. The van der Waals surface area contributed by atoms with Gasteiger partial charge in [0.25, 0.3) is 0 Å². The Bertz CT molecular complexity index is 688. The normalized spacial score (nSPS) is 11.2. The van der Waals surface area contributed by atoms with E-state index in [9.17, 15) is 8.42 Å². The highest BCUT2D eigenvalue weighted by Crippen LogP contribution is 2.12. The minimum atomic E-state index is -3.40. The summed E-state index contributed by atoms with van der Waals surface area (Å²) in [5.74, 6) is 0.708. The van der Waals surface area contributed by atoms with Crippen LogP contribution in [0.4, 0.5) is 11.5 Å². The third-order valence-electron chi connectivity index (χ3n) is 3.15. The van der Waals surface area contributed by atoms with Gasteiger partial charge < -0.3 is 10.1 Å². The Morgan fingerprint density at radius 3 is 2.57 bits per heavy atom. The number of nitrogens with zero attached hydrogens (tertiary/aromatic N) is 1. The molecule has 1 heterocycles. The Balaban J connectivity index is 1.87. The average Bonchev–Trinajstić information content (AvgIpc) is 2.56. The number of nitrogens with one attached hydrogen (secondary N) is 2. The lowest BCUT2D eigenvalue weighted by Crippen LogP contribution is -2.18. The van der Waals surface area contributed by atoms with Crippen LogP contribution < -0.4 is 10.0 Å². The Morgan fingerprint density at radius 1 is 1.13 bits per heavy atom. The summed E-state index contributed by atoms with van der Waals surface area (Å²) < 4.78 is 31.7. The predicted octanol–water partition coefficient (Wildman–Crippen LogP) is 2.12. The van der Waals surface area contributed by atoms with E-state index in [2.05, 4.69) is 15.0 Å². The highest BCUT2D eigenvalue weighted by Gasteiger charge is 2.11. The van der Waals surface area contributed by atoms with Crippen LogP contribution in [0.25, 0.3) is 0 Å². The maximum absolute atomic E-state index is 12.1. The number of ether oxygens (including phenoxy) is 1. The number of rotatable bonds is 9. The summed E-state index contributed by atoms with van der Waals surface area (Å²) in [7, 11) is -1.77. The number of aryl methyl sites for hydroxylation is 1. The maximum Gasteiger partial charge on any atom is 0.233 e. The molecule has 2 rings (SSSR count). The summed E-state index contributed by atoms with van der Waals surface area (Å²) in [4.78, 5) is 4.16. The maximum atomic E-state index is 12.1. The van der Waals surface area contributed by atoms with E-state index >= 15 is 0 Å². The van der Waals surface area contributed by atoms with Gasteiger partial charge in [0.05, 0.1) is 24.2 Å². The van der Waals surface area contributed by atoms with Gasteiger partial charge in [-0.2, -0.15) is 0 Å². The van der Waals surface area contributed by atoms with Crippen molar-refractivity contribution in [3.63, 3.8) is 0 Å². The molecule has 0 saturated heterocycles. The standard InChI is InChI=1S/C16H21N3O3S/c1-22-11-10-17-16-8-7-15(13-18-16)19-23(20,21)12-9-14-5-3-2-4-6-14/h2-8,13,19H,9-12H2,1H3,(H,17,18). The molecule has 124 valence electrons. The van der Waals surface area contributed by atoms with Gasteiger partial charge in [0.15, 0.2) is 0 Å². The zero-order valence-corrected chi connectivity index (χ0v) is 13.8. The molecule has 2 aromatic rings. The van der Waals surface area contributed by atoms with E-state index in [4.69, 9.17) is 4.74 Å². The fourth-order valence-electron chi connectivity index (χ4n) is 1.97. The smallest absolute Gasteiger partial charge is 0.233 e. The quantitative estimate of drug-likeness (QED) is 0.686. The summed E-state index contributed by atoms with van der Waals surface area (Å²) in [5.41, 5.74) is 1.45. The van der Waals surface area contributed by atoms with Crippen LogP contribution in [0.5, 0.6) is 0 Å². The summed E-state index contributed by atoms with van der Waals surface area (Å²) in [6.45, 7) is 1.22. The topological polar surface area (TPSA) is 80.3 Å². The highest BCUT2D eigenvalue weighted by atomic mass is 32.2. The molecule has 0 fully saturated rings. The van der Waals surface area contributed by atoms with Gasteiger partial charge in [-0.3, -0.25) is 4.72 Å². The van der Waals surface area contributed by atoms with Crippen molar-refractivity contribution >= 4 is 21.5 Å².